The first-order valence-electron chi connectivity index (χ1n) is 8.86. The Kier molecular flexibility index (Phi) is 6.10. The van der Waals surface area contributed by atoms with Crippen LogP contribution in [0.4, 0.5) is 4.79 Å². The first kappa shape index (κ1) is 18.5. The summed E-state index contributed by atoms with van der Waals surface area (Å²) >= 11 is 0. The van der Waals surface area contributed by atoms with E-state index in [1.165, 1.54) is 0 Å². The van der Waals surface area contributed by atoms with E-state index in [-0.39, 0.29) is 19.2 Å². The molecule has 2 aromatic carbocycles. The predicted octanol–water partition coefficient (Wildman–Crippen LogP) is 2.94. The summed E-state index contributed by atoms with van der Waals surface area (Å²) in [4.78, 5) is 23.9. The van der Waals surface area contributed by atoms with Gasteiger partial charge in [0, 0.05) is 17.7 Å². The van der Waals surface area contributed by atoms with Crippen LogP contribution in [0, 0.1) is 0 Å². The van der Waals surface area contributed by atoms with Gasteiger partial charge in [-0.2, -0.15) is 0 Å². The molecule has 0 saturated heterocycles. The number of para-hydroxylation sites is 1. The lowest BCUT2D eigenvalue weighted by Gasteiger charge is -2.22. The van der Waals surface area contributed by atoms with Gasteiger partial charge in [0.15, 0.2) is 0 Å². The summed E-state index contributed by atoms with van der Waals surface area (Å²) in [6.45, 7) is 2.61. The van der Waals surface area contributed by atoms with E-state index < -0.39 is 5.97 Å². The van der Waals surface area contributed by atoms with Gasteiger partial charge in [-0.1, -0.05) is 48.5 Å². The van der Waals surface area contributed by atoms with E-state index in [0.717, 1.165) is 11.1 Å². The van der Waals surface area contributed by atoms with Crippen LogP contribution in [0.3, 0.4) is 0 Å². The van der Waals surface area contributed by atoms with Crippen LogP contribution in [-0.2, 0) is 22.6 Å². The fourth-order valence-electron chi connectivity index (χ4n) is 2.81. The van der Waals surface area contributed by atoms with E-state index in [1.54, 1.807) is 6.92 Å². The summed E-state index contributed by atoms with van der Waals surface area (Å²) in [6, 6.07) is 17.1. The Morgan fingerprint density at radius 3 is 2.59 bits per heavy atom. The van der Waals surface area contributed by atoms with Crippen molar-refractivity contribution in [3.8, 4) is 5.75 Å². The molecule has 3 rings (SSSR count). The highest BCUT2D eigenvalue weighted by atomic mass is 16.5. The van der Waals surface area contributed by atoms with Crippen LogP contribution in [0.25, 0.3) is 0 Å². The molecule has 0 atom stereocenters. The third-order valence-electron chi connectivity index (χ3n) is 4.15. The van der Waals surface area contributed by atoms with Crippen molar-refractivity contribution in [1.82, 2.24) is 10.6 Å². The maximum Gasteiger partial charge on any atom is 0.337 e. The van der Waals surface area contributed by atoms with Crippen LogP contribution in [-0.4, -0.2) is 25.2 Å². The van der Waals surface area contributed by atoms with Crippen molar-refractivity contribution in [1.29, 1.82) is 0 Å². The molecule has 1 aliphatic heterocycles. The lowest BCUT2D eigenvalue weighted by molar-refractivity contribution is -0.138. The van der Waals surface area contributed by atoms with E-state index in [1.807, 2.05) is 54.6 Å². The molecular formula is C21H22N2O4. The summed E-state index contributed by atoms with van der Waals surface area (Å²) in [6.07, 6.45) is 0.368. The van der Waals surface area contributed by atoms with Gasteiger partial charge in [0.1, 0.15) is 12.4 Å². The molecule has 0 aromatic heterocycles. The van der Waals surface area contributed by atoms with Gasteiger partial charge in [0.05, 0.1) is 18.7 Å². The minimum Gasteiger partial charge on any atom is -0.489 e. The third kappa shape index (κ3) is 4.88. The number of hydrogen-bond donors (Lipinski definition) is 2. The molecule has 1 aliphatic rings. The molecule has 0 radical (unpaired) electrons. The van der Waals surface area contributed by atoms with Crippen molar-refractivity contribution >= 4 is 12.0 Å². The number of nitrogens with one attached hydrogen (secondary N) is 2. The molecule has 2 N–H and O–H groups in total. The van der Waals surface area contributed by atoms with Gasteiger partial charge in [-0.05, 0) is 18.6 Å². The maximum atomic E-state index is 12.2. The lowest BCUT2D eigenvalue weighted by atomic mass is 10.0. The van der Waals surface area contributed by atoms with E-state index in [9.17, 15) is 9.59 Å². The van der Waals surface area contributed by atoms with Crippen molar-refractivity contribution in [3.63, 3.8) is 0 Å². The number of hydrogen-bond acceptors (Lipinski definition) is 4. The fraction of sp³-hybridized carbons (Fsp3) is 0.238. The molecule has 0 fully saturated rings. The van der Waals surface area contributed by atoms with Crippen molar-refractivity contribution in [2.24, 2.45) is 0 Å². The second-order valence-electron chi connectivity index (χ2n) is 6.04. The Bertz CT molecular complexity index is 846. The fourth-order valence-corrected chi connectivity index (χ4v) is 2.81. The predicted molar refractivity (Wildman–Crippen MR) is 101 cm³/mol. The first-order valence-corrected chi connectivity index (χ1v) is 8.86. The van der Waals surface area contributed by atoms with E-state index in [2.05, 4.69) is 10.6 Å². The zero-order valence-electron chi connectivity index (χ0n) is 15.2. The normalized spacial score (nSPS) is 13.6. The quantitative estimate of drug-likeness (QED) is 0.739. The van der Waals surface area contributed by atoms with Crippen LogP contribution in [0.1, 0.15) is 18.1 Å². The molecule has 0 saturated carbocycles. The van der Waals surface area contributed by atoms with Crippen LogP contribution in [0.15, 0.2) is 65.9 Å². The lowest BCUT2D eigenvalue weighted by Crippen LogP contribution is -2.44. The average Bonchev–Trinajstić information content (AvgIpc) is 2.68. The first-order chi connectivity index (χ1) is 13.2. The summed E-state index contributed by atoms with van der Waals surface area (Å²) in [5, 5.41) is 5.34. The van der Waals surface area contributed by atoms with Crippen LogP contribution >= 0.6 is 0 Å². The van der Waals surface area contributed by atoms with Gasteiger partial charge in [-0.25, -0.2) is 9.59 Å². The number of amides is 2. The molecule has 0 aliphatic carbocycles. The number of rotatable bonds is 7. The van der Waals surface area contributed by atoms with Gasteiger partial charge in [-0.3, -0.25) is 0 Å². The molecule has 140 valence electrons. The molecule has 0 bridgehead atoms. The Hall–Kier alpha value is -3.28. The zero-order valence-corrected chi connectivity index (χ0v) is 15.2. The molecule has 6 heteroatoms. The standard InChI is InChI=1S/C21H22N2O4/c1-2-26-20(24)17-13-22-21(25)23-18(17)12-16-10-6-7-11-19(16)27-14-15-8-4-3-5-9-15/h3-11H,2,12-14H2,1H3,(H2,22,23,25). The number of carbonyl (C=O) groups excluding carboxylic acids is 2. The number of ether oxygens (including phenoxy) is 2. The summed E-state index contributed by atoms with van der Waals surface area (Å²) in [7, 11) is 0. The molecule has 0 spiro atoms. The number of allylic oxidation sites excluding steroid dienone is 1. The van der Waals surface area contributed by atoms with E-state index in [0.29, 0.717) is 30.0 Å². The number of urea groups is 1. The minimum atomic E-state index is -0.428. The molecule has 6 nitrogen and oxygen atoms in total. The van der Waals surface area contributed by atoms with Crippen LogP contribution in [0.5, 0.6) is 5.75 Å². The average molecular weight is 366 g/mol. The molecular weight excluding hydrogens is 344 g/mol. The van der Waals surface area contributed by atoms with Crippen molar-refractivity contribution in [3.05, 3.63) is 77.0 Å². The van der Waals surface area contributed by atoms with Gasteiger partial charge in [0.25, 0.3) is 0 Å². The summed E-state index contributed by atoms with van der Waals surface area (Å²) in [5.41, 5.74) is 2.91. The SMILES string of the molecule is CCOC(=O)C1=C(Cc2ccccc2OCc2ccccc2)NC(=O)NC1. The monoisotopic (exact) mass is 366 g/mol. The summed E-state index contributed by atoms with van der Waals surface area (Å²) in [5.74, 6) is 0.285. The van der Waals surface area contributed by atoms with Crippen molar-refractivity contribution in [2.45, 2.75) is 20.0 Å². The Balaban J connectivity index is 1.81. The van der Waals surface area contributed by atoms with Crippen molar-refractivity contribution in [2.75, 3.05) is 13.2 Å². The third-order valence-corrected chi connectivity index (χ3v) is 4.15. The number of benzene rings is 2. The minimum absolute atomic E-state index is 0.146. The smallest absolute Gasteiger partial charge is 0.337 e. The molecule has 2 amide bonds. The van der Waals surface area contributed by atoms with Crippen molar-refractivity contribution < 1.29 is 19.1 Å². The largest absolute Gasteiger partial charge is 0.489 e. The number of esters is 1. The van der Waals surface area contributed by atoms with Gasteiger partial charge in [-0.15, -0.1) is 0 Å². The number of carbonyl (C=O) groups is 2. The van der Waals surface area contributed by atoms with E-state index in [4.69, 9.17) is 9.47 Å². The maximum absolute atomic E-state index is 12.2. The highest BCUT2D eigenvalue weighted by Gasteiger charge is 2.24. The second-order valence-corrected chi connectivity index (χ2v) is 6.04. The Labute approximate surface area is 158 Å². The van der Waals surface area contributed by atoms with Gasteiger partial charge >= 0.3 is 12.0 Å². The highest BCUT2D eigenvalue weighted by Crippen LogP contribution is 2.24. The molecule has 2 aromatic rings. The second kappa shape index (κ2) is 8.89. The van der Waals surface area contributed by atoms with Crippen LogP contribution in [0.2, 0.25) is 0 Å². The van der Waals surface area contributed by atoms with Gasteiger partial charge < -0.3 is 20.1 Å². The highest BCUT2D eigenvalue weighted by molar-refractivity contribution is 5.93. The molecule has 1 heterocycles. The summed E-state index contributed by atoms with van der Waals surface area (Å²) < 4.78 is 11.1. The molecule has 0 unspecified atom stereocenters. The Morgan fingerprint density at radius 1 is 1.07 bits per heavy atom. The molecule has 27 heavy (non-hydrogen) atoms. The Morgan fingerprint density at radius 2 is 1.81 bits per heavy atom. The zero-order chi connectivity index (χ0) is 19.1. The van der Waals surface area contributed by atoms with Gasteiger partial charge in [0.2, 0.25) is 0 Å². The van der Waals surface area contributed by atoms with Crippen LogP contribution < -0.4 is 15.4 Å². The van der Waals surface area contributed by atoms with E-state index >= 15 is 0 Å². The topological polar surface area (TPSA) is 76.7 Å².